The number of hydrogen-bond acceptors (Lipinski definition) is 4. The van der Waals surface area contributed by atoms with Crippen LogP contribution in [0.15, 0.2) is 59.7 Å². The minimum Gasteiger partial charge on any atom is -0.494 e. The number of carbonyl (C=O) groups is 1. The molecule has 0 bridgehead atoms. The molecule has 8 heteroatoms. The molecule has 1 aliphatic rings. The van der Waals surface area contributed by atoms with Crippen molar-refractivity contribution in [2.75, 3.05) is 7.11 Å². The molecule has 2 aromatic rings. The highest BCUT2D eigenvalue weighted by atomic mass is 79.9. The lowest BCUT2D eigenvalue weighted by Gasteiger charge is -2.07. The first-order valence-corrected chi connectivity index (χ1v) is 10.2. The van der Waals surface area contributed by atoms with E-state index in [2.05, 4.69) is 58.1 Å². The Bertz CT molecular complexity index is 872. The zero-order valence-electron chi connectivity index (χ0n) is 12.8. The number of rotatable bonds is 3. The van der Waals surface area contributed by atoms with Crippen LogP contribution in [0.3, 0.4) is 0 Å². The van der Waals surface area contributed by atoms with Crippen LogP contribution in [0.2, 0.25) is 0 Å². The number of amidine groups is 1. The number of carbonyl (C=O) groups excluding carboxylic acids is 1. The van der Waals surface area contributed by atoms with Crippen LogP contribution >= 0.6 is 59.6 Å². The van der Waals surface area contributed by atoms with Crippen LogP contribution in [-0.4, -0.2) is 18.2 Å². The van der Waals surface area contributed by atoms with Gasteiger partial charge in [-0.05, 0) is 91.7 Å². The molecular formula is C17H11Br3N2O2S. The molecule has 0 saturated carbocycles. The second-order valence-electron chi connectivity index (χ2n) is 4.98. The third kappa shape index (κ3) is 4.55. The first kappa shape index (κ1) is 18.7. The predicted molar refractivity (Wildman–Crippen MR) is 113 cm³/mol. The van der Waals surface area contributed by atoms with E-state index in [0.29, 0.717) is 15.8 Å². The van der Waals surface area contributed by atoms with Crippen LogP contribution < -0.4 is 10.1 Å². The summed E-state index contributed by atoms with van der Waals surface area (Å²) in [5, 5.41) is 3.35. The fraction of sp³-hybridized carbons (Fsp3) is 0.0588. The zero-order valence-corrected chi connectivity index (χ0v) is 18.4. The number of amides is 1. The Morgan fingerprint density at radius 1 is 1.12 bits per heavy atom. The standard InChI is InChI=1S/C17H11Br3N2O2S/c1-24-15-12(19)6-9(7-13(15)20)8-14-16(23)22-17(25-14)21-11-4-2-10(18)3-5-11/h2-8H,1H3,(H,21,22,23)/b14-8-. The first-order chi connectivity index (χ1) is 12.0. The van der Waals surface area contributed by atoms with Gasteiger partial charge in [-0.2, -0.15) is 0 Å². The number of nitrogens with zero attached hydrogens (tertiary/aromatic N) is 1. The van der Waals surface area contributed by atoms with Crippen molar-refractivity contribution >= 4 is 82.4 Å². The Labute approximate surface area is 174 Å². The lowest BCUT2D eigenvalue weighted by Crippen LogP contribution is -2.19. The normalized spacial score (nSPS) is 17.2. The van der Waals surface area contributed by atoms with Crippen LogP contribution in [0.1, 0.15) is 5.56 Å². The third-order valence-electron chi connectivity index (χ3n) is 3.23. The second-order valence-corrected chi connectivity index (χ2v) is 8.63. The Hall–Kier alpha value is -1.09. The summed E-state index contributed by atoms with van der Waals surface area (Å²) < 4.78 is 7.89. The SMILES string of the molecule is COc1c(Br)cc(/C=C2\SC(=Nc3ccc(Br)cc3)NC2=O)cc1Br. The highest BCUT2D eigenvalue weighted by Gasteiger charge is 2.24. The molecule has 4 nitrogen and oxygen atoms in total. The van der Waals surface area contributed by atoms with E-state index in [4.69, 9.17) is 4.74 Å². The molecule has 0 atom stereocenters. The Morgan fingerprint density at radius 2 is 1.76 bits per heavy atom. The second kappa shape index (κ2) is 8.07. The van der Waals surface area contributed by atoms with Crippen LogP contribution in [0.25, 0.3) is 6.08 Å². The van der Waals surface area contributed by atoms with Crippen LogP contribution in [0.4, 0.5) is 5.69 Å². The van der Waals surface area contributed by atoms with E-state index in [1.165, 1.54) is 11.8 Å². The monoisotopic (exact) mass is 544 g/mol. The van der Waals surface area contributed by atoms with Crippen LogP contribution in [0, 0.1) is 0 Å². The van der Waals surface area contributed by atoms with Gasteiger partial charge >= 0.3 is 0 Å². The minimum absolute atomic E-state index is 0.163. The van der Waals surface area contributed by atoms with Crippen molar-refractivity contribution < 1.29 is 9.53 Å². The number of nitrogens with one attached hydrogen (secondary N) is 1. The zero-order chi connectivity index (χ0) is 18.0. The van der Waals surface area contributed by atoms with Crippen molar-refractivity contribution in [1.82, 2.24) is 5.32 Å². The molecule has 0 unspecified atom stereocenters. The third-order valence-corrected chi connectivity index (χ3v) is 5.85. The summed E-state index contributed by atoms with van der Waals surface area (Å²) in [6.45, 7) is 0. The van der Waals surface area contributed by atoms with Crippen molar-refractivity contribution in [3.8, 4) is 5.75 Å². The largest absolute Gasteiger partial charge is 0.494 e. The van der Waals surface area contributed by atoms with Gasteiger partial charge in [-0.1, -0.05) is 15.9 Å². The van der Waals surface area contributed by atoms with Gasteiger partial charge in [0.05, 0.1) is 26.6 Å². The molecule has 25 heavy (non-hydrogen) atoms. The van der Waals surface area contributed by atoms with E-state index < -0.39 is 0 Å². The molecule has 3 rings (SSSR count). The summed E-state index contributed by atoms with van der Waals surface area (Å²) in [6, 6.07) is 11.4. The summed E-state index contributed by atoms with van der Waals surface area (Å²) in [7, 11) is 1.61. The van der Waals surface area contributed by atoms with Gasteiger partial charge in [0.25, 0.3) is 5.91 Å². The molecule has 1 saturated heterocycles. The maximum atomic E-state index is 12.2. The fourth-order valence-corrected chi connectivity index (χ4v) is 4.77. The van der Waals surface area contributed by atoms with Gasteiger partial charge in [0.2, 0.25) is 0 Å². The summed E-state index contributed by atoms with van der Waals surface area (Å²) >= 11 is 11.6. The summed E-state index contributed by atoms with van der Waals surface area (Å²) in [5.41, 5.74) is 1.66. The quantitative estimate of drug-likeness (QED) is 0.490. The van der Waals surface area contributed by atoms with Gasteiger partial charge in [-0.25, -0.2) is 4.99 Å². The number of halogens is 3. The van der Waals surface area contributed by atoms with Crippen LogP contribution in [-0.2, 0) is 4.79 Å². The number of aliphatic imine (C=N–C) groups is 1. The van der Waals surface area contributed by atoms with Crippen molar-refractivity contribution in [3.05, 3.63) is 60.3 Å². The lowest BCUT2D eigenvalue weighted by molar-refractivity contribution is -0.115. The molecule has 1 amide bonds. The molecule has 1 fully saturated rings. The van der Waals surface area contributed by atoms with E-state index in [1.807, 2.05) is 42.5 Å². The van der Waals surface area contributed by atoms with Crippen molar-refractivity contribution in [3.63, 3.8) is 0 Å². The van der Waals surface area contributed by atoms with E-state index in [9.17, 15) is 4.79 Å². The lowest BCUT2D eigenvalue weighted by atomic mass is 10.2. The smallest absolute Gasteiger partial charge is 0.264 e. The van der Waals surface area contributed by atoms with Gasteiger partial charge in [-0.3, -0.25) is 4.79 Å². The van der Waals surface area contributed by atoms with E-state index in [0.717, 1.165) is 24.7 Å². The van der Waals surface area contributed by atoms with Gasteiger partial charge in [0, 0.05) is 4.47 Å². The Kier molecular flexibility index (Phi) is 6.04. The summed E-state index contributed by atoms with van der Waals surface area (Å²) in [4.78, 5) is 17.2. The molecule has 1 N–H and O–H groups in total. The van der Waals surface area contributed by atoms with Gasteiger partial charge in [-0.15, -0.1) is 0 Å². The summed E-state index contributed by atoms with van der Waals surface area (Å²) in [6.07, 6.45) is 1.82. The maximum absolute atomic E-state index is 12.2. The predicted octanol–water partition coefficient (Wildman–Crippen LogP) is 5.87. The summed E-state index contributed by atoms with van der Waals surface area (Å²) in [5.74, 6) is 0.548. The van der Waals surface area contributed by atoms with Gasteiger partial charge in [0.15, 0.2) is 5.17 Å². The number of hydrogen-bond donors (Lipinski definition) is 1. The number of benzene rings is 2. The molecule has 128 valence electrons. The van der Waals surface area contributed by atoms with E-state index in [1.54, 1.807) is 7.11 Å². The van der Waals surface area contributed by atoms with Gasteiger partial charge < -0.3 is 10.1 Å². The van der Waals surface area contributed by atoms with E-state index in [-0.39, 0.29) is 5.91 Å². The molecule has 0 aliphatic carbocycles. The van der Waals surface area contributed by atoms with Crippen molar-refractivity contribution in [2.24, 2.45) is 4.99 Å². The van der Waals surface area contributed by atoms with Crippen LogP contribution in [0.5, 0.6) is 5.75 Å². The highest BCUT2D eigenvalue weighted by Crippen LogP contribution is 2.36. The molecule has 0 aromatic heterocycles. The Morgan fingerprint density at radius 3 is 2.36 bits per heavy atom. The van der Waals surface area contributed by atoms with E-state index >= 15 is 0 Å². The molecule has 1 heterocycles. The average Bonchev–Trinajstić information content (AvgIpc) is 2.89. The minimum atomic E-state index is -0.163. The number of methoxy groups -OCH3 is 1. The first-order valence-electron chi connectivity index (χ1n) is 7.04. The molecule has 2 aromatic carbocycles. The number of ether oxygens (including phenoxy) is 1. The number of thioether (sulfide) groups is 1. The van der Waals surface area contributed by atoms with Crippen molar-refractivity contribution in [2.45, 2.75) is 0 Å². The molecule has 1 aliphatic heterocycles. The maximum Gasteiger partial charge on any atom is 0.264 e. The fourth-order valence-electron chi connectivity index (χ4n) is 2.12. The molecular weight excluding hydrogens is 536 g/mol. The Balaban J connectivity index is 1.85. The molecule has 0 radical (unpaired) electrons. The van der Waals surface area contributed by atoms with Gasteiger partial charge in [0.1, 0.15) is 5.75 Å². The van der Waals surface area contributed by atoms with Crippen molar-refractivity contribution in [1.29, 1.82) is 0 Å². The molecule has 0 spiro atoms. The topological polar surface area (TPSA) is 50.7 Å². The highest BCUT2D eigenvalue weighted by molar-refractivity contribution is 9.11. The average molecular weight is 547 g/mol.